The van der Waals surface area contributed by atoms with Gasteiger partial charge in [0.15, 0.2) is 0 Å². The van der Waals surface area contributed by atoms with E-state index in [2.05, 4.69) is 9.97 Å². The standard InChI is InChI=1S/C16H17N3O3/c1-21-14-9-17-10-15(18-14)22-13-7-8-19(11-13)16(20)12-5-3-2-4-6-12/h2-6,9-10,13H,7-8,11H2,1H3. The minimum absolute atomic E-state index is 0.0310. The highest BCUT2D eigenvalue weighted by Gasteiger charge is 2.28. The molecule has 0 bridgehead atoms. The van der Waals surface area contributed by atoms with E-state index in [1.165, 1.54) is 13.3 Å². The lowest BCUT2D eigenvalue weighted by atomic mass is 10.2. The number of methoxy groups -OCH3 is 1. The van der Waals surface area contributed by atoms with Gasteiger partial charge in [0.2, 0.25) is 11.8 Å². The highest BCUT2D eigenvalue weighted by molar-refractivity contribution is 5.94. The molecule has 3 rings (SSSR count). The first-order valence-electron chi connectivity index (χ1n) is 7.13. The summed E-state index contributed by atoms with van der Waals surface area (Å²) in [6.45, 7) is 1.22. The first-order valence-corrected chi connectivity index (χ1v) is 7.13. The van der Waals surface area contributed by atoms with E-state index in [4.69, 9.17) is 9.47 Å². The molecule has 6 heteroatoms. The summed E-state index contributed by atoms with van der Waals surface area (Å²) >= 11 is 0. The number of benzene rings is 1. The predicted octanol–water partition coefficient (Wildman–Crippen LogP) is 1.78. The third-order valence-electron chi connectivity index (χ3n) is 3.54. The molecule has 1 fully saturated rings. The average molecular weight is 299 g/mol. The van der Waals surface area contributed by atoms with Gasteiger partial charge in [0.05, 0.1) is 26.0 Å². The second-order valence-corrected chi connectivity index (χ2v) is 5.05. The summed E-state index contributed by atoms with van der Waals surface area (Å²) in [5.41, 5.74) is 0.698. The number of hydrogen-bond acceptors (Lipinski definition) is 5. The van der Waals surface area contributed by atoms with Crippen LogP contribution in [0, 0.1) is 0 Å². The first-order chi connectivity index (χ1) is 10.8. The number of likely N-dealkylation sites (tertiary alicyclic amines) is 1. The molecule has 0 spiro atoms. The quantitative estimate of drug-likeness (QED) is 0.861. The number of hydrogen-bond donors (Lipinski definition) is 0. The molecule has 1 saturated heterocycles. The number of ether oxygens (including phenoxy) is 2. The van der Waals surface area contributed by atoms with Crippen molar-refractivity contribution >= 4 is 5.91 Å². The number of aromatic nitrogens is 2. The zero-order chi connectivity index (χ0) is 15.4. The van der Waals surface area contributed by atoms with Crippen molar-refractivity contribution in [1.29, 1.82) is 0 Å². The maximum atomic E-state index is 12.4. The summed E-state index contributed by atoms with van der Waals surface area (Å²) in [5.74, 6) is 0.856. The number of rotatable bonds is 4. The van der Waals surface area contributed by atoms with E-state index in [9.17, 15) is 4.79 Å². The molecule has 2 heterocycles. The van der Waals surface area contributed by atoms with Crippen LogP contribution in [-0.4, -0.2) is 47.1 Å². The first kappa shape index (κ1) is 14.3. The van der Waals surface area contributed by atoms with Crippen molar-refractivity contribution in [3.63, 3.8) is 0 Å². The van der Waals surface area contributed by atoms with Crippen LogP contribution in [0.15, 0.2) is 42.7 Å². The maximum Gasteiger partial charge on any atom is 0.253 e. The Morgan fingerprint density at radius 3 is 2.77 bits per heavy atom. The molecule has 6 nitrogen and oxygen atoms in total. The lowest BCUT2D eigenvalue weighted by Crippen LogP contribution is -2.31. The van der Waals surface area contributed by atoms with Crippen molar-refractivity contribution in [2.24, 2.45) is 0 Å². The fourth-order valence-electron chi connectivity index (χ4n) is 2.43. The van der Waals surface area contributed by atoms with E-state index >= 15 is 0 Å². The smallest absolute Gasteiger partial charge is 0.253 e. The van der Waals surface area contributed by atoms with Crippen molar-refractivity contribution in [1.82, 2.24) is 14.9 Å². The van der Waals surface area contributed by atoms with E-state index in [1.54, 1.807) is 11.1 Å². The Kier molecular flexibility index (Phi) is 4.18. The molecule has 1 aliphatic heterocycles. The van der Waals surface area contributed by atoms with Gasteiger partial charge in [0.25, 0.3) is 5.91 Å². The Bertz CT molecular complexity index is 648. The molecule has 0 N–H and O–H groups in total. The van der Waals surface area contributed by atoms with Crippen LogP contribution in [0.5, 0.6) is 11.8 Å². The van der Waals surface area contributed by atoms with E-state index in [0.29, 0.717) is 30.4 Å². The van der Waals surface area contributed by atoms with Crippen LogP contribution in [0.1, 0.15) is 16.8 Å². The van der Waals surface area contributed by atoms with E-state index in [1.807, 2.05) is 30.3 Å². The Balaban J connectivity index is 1.61. The molecule has 0 saturated carbocycles. The van der Waals surface area contributed by atoms with E-state index in [-0.39, 0.29) is 12.0 Å². The topological polar surface area (TPSA) is 64.6 Å². The Hall–Kier alpha value is -2.63. The fourth-order valence-corrected chi connectivity index (χ4v) is 2.43. The highest BCUT2D eigenvalue weighted by atomic mass is 16.5. The summed E-state index contributed by atoms with van der Waals surface area (Å²) in [6, 6.07) is 9.27. The van der Waals surface area contributed by atoms with E-state index < -0.39 is 0 Å². The average Bonchev–Trinajstić information content (AvgIpc) is 3.03. The number of carbonyl (C=O) groups excluding carboxylic acids is 1. The molecule has 1 amide bonds. The van der Waals surface area contributed by atoms with Gasteiger partial charge in [-0.15, -0.1) is 0 Å². The predicted molar refractivity (Wildman–Crippen MR) is 80.0 cm³/mol. The maximum absolute atomic E-state index is 12.4. The summed E-state index contributed by atoms with van der Waals surface area (Å²) in [4.78, 5) is 22.3. The molecule has 1 atom stereocenters. The van der Waals surface area contributed by atoms with Gasteiger partial charge in [-0.25, -0.2) is 0 Å². The second kappa shape index (κ2) is 6.43. The Labute approximate surface area is 128 Å². The molecule has 114 valence electrons. The number of carbonyl (C=O) groups is 1. The van der Waals surface area contributed by atoms with Crippen LogP contribution in [0.4, 0.5) is 0 Å². The van der Waals surface area contributed by atoms with Crippen molar-refractivity contribution in [3.05, 3.63) is 48.3 Å². The molecule has 0 radical (unpaired) electrons. The van der Waals surface area contributed by atoms with Crippen LogP contribution in [0.2, 0.25) is 0 Å². The van der Waals surface area contributed by atoms with Gasteiger partial charge < -0.3 is 14.4 Å². The monoisotopic (exact) mass is 299 g/mol. The zero-order valence-electron chi connectivity index (χ0n) is 12.3. The summed E-state index contributed by atoms with van der Waals surface area (Å²) < 4.78 is 10.8. The summed E-state index contributed by atoms with van der Waals surface area (Å²) in [7, 11) is 1.53. The van der Waals surface area contributed by atoms with E-state index in [0.717, 1.165) is 6.42 Å². The second-order valence-electron chi connectivity index (χ2n) is 5.05. The van der Waals surface area contributed by atoms with Crippen molar-refractivity contribution in [2.45, 2.75) is 12.5 Å². The molecule has 1 aromatic carbocycles. The van der Waals surface area contributed by atoms with Gasteiger partial charge in [0, 0.05) is 18.5 Å². The molecular weight excluding hydrogens is 282 g/mol. The van der Waals surface area contributed by atoms with Crippen molar-refractivity contribution in [2.75, 3.05) is 20.2 Å². The van der Waals surface area contributed by atoms with Crippen molar-refractivity contribution < 1.29 is 14.3 Å². The van der Waals surface area contributed by atoms with Crippen molar-refractivity contribution in [3.8, 4) is 11.8 Å². The minimum atomic E-state index is -0.0749. The third-order valence-corrected chi connectivity index (χ3v) is 3.54. The molecule has 1 aliphatic rings. The van der Waals surface area contributed by atoms with Gasteiger partial charge in [-0.3, -0.25) is 9.78 Å². The summed E-state index contributed by atoms with van der Waals surface area (Å²) in [6.07, 6.45) is 3.77. The molecule has 1 unspecified atom stereocenters. The summed E-state index contributed by atoms with van der Waals surface area (Å²) in [5, 5.41) is 0. The Morgan fingerprint density at radius 1 is 1.23 bits per heavy atom. The Morgan fingerprint density at radius 2 is 2.00 bits per heavy atom. The SMILES string of the molecule is COc1cncc(OC2CCN(C(=O)c3ccccc3)C2)n1. The lowest BCUT2D eigenvalue weighted by Gasteiger charge is -2.17. The molecule has 2 aromatic rings. The van der Waals surface area contributed by atoms with Crippen LogP contribution in [0.3, 0.4) is 0 Å². The van der Waals surface area contributed by atoms with Gasteiger partial charge in [-0.05, 0) is 12.1 Å². The van der Waals surface area contributed by atoms with Crippen LogP contribution < -0.4 is 9.47 Å². The lowest BCUT2D eigenvalue weighted by molar-refractivity contribution is 0.0771. The van der Waals surface area contributed by atoms with Gasteiger partial charge >= 0.3 is 0 Å². The molecular formula is C16H17N3O3. The fraction of sp³-hybridized carbons (Fsp3) is 0.312. The van der Waals surface area contributed by atoms with Crippen LogP contribution >= 0.6 is 0 Å². The highest BCUT2D eigenvalue weighted by Crippen LogP contribution is 2.19. The normalized spacial score (nSPS) is 17.3. The largest absolute Gasteiger partial charge is 0.480 e. The third kappa shape index (κ3) is 3.16. The minimum Gasteiger partial charge on any atom is -0.480 e. The van der Waals surface area contributed by atoms with Crippen LogP contribution in [-0.2, 0) is 0 Å². The van der Waals surface area contributed by atoms with Crippen LogP contribution in [0.25, 0.3) is 0 Å². The van der Waals surface area contributed by atoms with Gasteiger partial charge in [0.1, 0.15) is 6.10 Å². The number of amides is 1. The molecule has 22 heavy (non-hydrogen) atoms. The number of nitrogens with zero attached hydrogens (tertiary/aromatic N) is 3. The zero-order valence-corrected chi connectivity index (χ0v) is 12.3. The molecule has 0 aliphatic carbocycles. The van der Waals surface area contributed by atoms with Gasteiger partial charge in [-0.1, -0.05) is 18.2 Å². The van der Waals surface area contributed by atoms with Gasteiger partial charge in [-0.2, -0.15) is 4.98 Å². The molecule has 1 aromatic heterocycles.